The molecule has 3 aromatic carbocycles. The van der Waals surface area contributed by atoms with E-state index in [0.717, 1.165) is 30.2 Å². The molecule has 1 aliphatic carbocycles. The van der Waals surface area contributed by atoms with Gasteiger partial charge in [-0.3, -0.25) is 0 Å². The van der Waals surface area contributed by atoms with Gasteiger partial charge in [0, 0.05) is 41.5 Å². The van der Waals surface area contributed by atoms with E-state index in [0.29, 0.717) is 42.9 Å². The lowest BCUT2D eigenvalue weighted by atomic mass is 9.96. The maximum absolute atomic E-state index is 16.8. The standard InChI is InChI=1S/C32H35ClFN5O3/c1-31-13-25(41)24(37-31)14-39(15-31)29-22-12-23(33)26(21-11-19(40)10-18-6-4-5-7-20(18)21)27(34)28(22)35-30(36-29)42-17-32(8-9-32)16-38(2)3/h4-7,10-12,24-25,37,40-41H,8-9,13-17H2,1-3H3/t24-,25+,31+/m1/s1. The molecule has 3 aliphatic rings. The Labute approximate surface area is 249 Å². The Bertz CT molecular complexity index is 1710. The number of aromatic nitrogens is 2. The van der Waals surface area contributed by atoms with Crippen LogP contribution >= 0.6 is 11.6 Å². The number of phenols is 1. The second-order valence-corrected chi connectivity index (χ2v) is 13.4. The Morgan fingerprint density at radius 2 is 1.95 bits per heavy atom. The molecule has 220 valence electrons. The highest BCUT2D eigenvalue weighted by molar-refractivity contribution is 6.35. The number of hydrogen-bond donors (Lipinski definition) is 3. The minimum absolute atomic E-state index is 0.0189. The fourth-order valence-corrected chi connectivity index (χ4v) is 7.29. The molecule has 0 radical (unpaired) electrons. The number of benzene rings is 3. The Kier molecular flexibility index (Phi) is 6.51. The van der Waals surface area contributed by atoms with E-state index in [1.54, 1.807) is 12.1 Å². The number of aliphatic hydroxyl groups is 1. The lowest BCUT2D eigenvalue weighted by molar-refractivity contribution is 0.162. The van der Waals surface area contributed by atoms with Crippen LogP contribution in [0.3, 0.4) is 0 Å². The third-order valence-corrected chi connectivity index (χ3v) is 9.29. The van der Waals surface area contributed by atoms with Crippen LogP contribution in [0.15, 0.2) is 42.5 Å². The molecule has 4 aromatic rings. The molecule has 2 saturated heterocycles. The molecular formula is C32H35ClFN5O3. The summed E-state index contributed by atoms with van der Waals surface area (Å²) in [4.78, 5) is 13.7. The van der Waals surface area contributed by atoms with E-state index < -0.39 is 11.9 Å². The fraction of sp³-hybridized carbons (Fsp3) is 0.438. The molecule has 1 aromatic heterocycles. The van der Waals surface area contributed by atoms with Gasteiger partial charge in [0.15, 0.2) is 5.82 Å². The highest BCUT2D eigenvalue weighted by atomic mass is 35.5. The van der Waals surface area contributed by atoms with Crippen molar-refractivity contribution < 1.29 is 19.3 Å². The van der Waals surface area contributed by atoms with E-state index in [1.165, 1.54) is 6.07 Å². The van der Waals surface area contributed by atoms with Gasteiger partial charge in [-0.05, 0) is 74.8 Å². The smallest absolute Gasteiger partial charge is 0.319 e. The summed E-state index contributed by atoms with van der Waals surface area (Å²) in [6.45, 7) is 4.50. The number of ether oxygens (including phenoxy) is 1. The van der Waals surface area contributed by atoms with Crippen LogP contribution in [0.5, 0.6) is 11.8 Å². The molecule has 3 N–H and O–H groups in total. The van der Waals surface area contributed by atoms with Crippen LogP contribution in [0.25, 0.3) is 32.8 Å². The van der Waals surface area contributed by atoms with Gasteiger partial charge in [-0.25, -0.2) is 4.39 Å². The molecule has 2 aliphatic heterocycles. The molecule has 0 spiro atoms. The van der Waals surface area contributed by atoms with Gasteiger partial charge >= 0.3 is 6.01 Å². The Morgan fingerprint density at radius 1 is 1.17 bits per heavy atom. The molecule has 0 amide bonds. The van der Waals surface area contributed by atoms with Crippen LogP contribution in [0.4, 0.5) is 10.2 Å². The molecular weight excluding hydrogens is 557 g/mol. The first-order chi connectivity index (χ1) is 20.0. The summed E-state index contributed by atoms with van der Waals surface area (Å²) in [5.41, 5.74) is 0.485. The van der Waals surface area contributed by atoms with Gasteiger partial charge in [-0.15, -0.1) is 0 Å². The summed E-state index contributed by atoms with van der Waals surface area (Å²) in [6, 6.07) is 12.4. The molecule has 0 unspecified atom stereocenters. The van der Waals surface area contributed by atoms with E-state index in [9.17, 15) is 10.2 Å². The van der Waals surface area contributed by atoms with Crippen molar-refractivity contribution in [3.05, 3.63) is 53.3 Å². The first-order valence-electron chi connectivity index (χ1n) is 14.4. The van der Waals surface area contributed by atoms with Crippen molar-refractivity contribution in [2.24, 2.45) is 5.41 Å². The Morgan fingerprint density at radius 3 is 2.69 bits per heavy atom. The zero-order valence-corrected chi connectivity index (χ0v) is 24.7. The van der Waals surface area contributed by atoms with E-state index in [4.69, 9.17) is 21.3 Å². The van der Waals surface area contributed by atoms with Gasteiger partial charge in [0.05, 0.1) is 23.8 Å². The van der Waals surface area contributed by atoms with Crippen LogP contribution in [0.2, 0.25) is 5.02 Å². The predicted molar refractivity (Wildman–Crippen MR) is 163 cm³/mol. The van der Waals surface area contributed by atoms with E-state index in [2.05, 4.69) is 27.0 Å². The highest BCUT2D eigenvalue weighted by Gasteiger charge is 2.47. The number of hydrogen-bond acceptors (Lipinski definition) is 8. The summed E-state index contributed by atoms with van der Waals surface area (Å²) in [6.07, 6.45) is 2.26. The largest absolute Gasteiger partial charge is 0.508 e. The van der Waals surface area contributed by atoms with Crippen molar-refractivity contribution in [2.75, 3.05) is 45.2 Å². The van der Waals surface area contributed by atoms with Crippen LogP contribution in [0, 0.1) is 11.2 Å². The average Bonchev–Trinajstić information content (AvgIpc) is 3.65. The highest BCUT2D eigenvalue weighted by Crippen LogP contribution is 2.47. The zero-order chi connectivity index (χ0) is 29.4. The maximum atomic E-state index is 16.8. The monoisotopic (exact) mass is 591 g/mol. The molecule has 1 saturated carbocycles. The molecule has 8 nitrogen and oxygen atoms in total. The van der Waals surface area contributed by atoms with Crippen LogP contribution in [-0.2, 0) is 0 Å². The minimum Gasteiger partial charge on any atom is -0.508 e. The second kappa shape index (κ2) is 9.91. The van der Waals surface area contributed by atoms with Gasteiger partial charge in [0.25, 0.3) is 0 Å². The SMILES string of the molecule is CN(C)CC1(COc2nc(N3C[C@H]4N[C@@](C)(C[C@@H]4O)C3)c3cc(Cl)c(-c4cc(O)cc5ccccc45)c(F)c3n2)CC1. The lowest BCUT2D eigenvalue weighted by Crippen LogP contribution is -2.59. The Hall–Kier alpha value is -3.24. The van der Waals surface area contributed by atoms with Crippen LogP contribution < -0.4 is 15.0 Å². The van der Waals surface area contributed by atoms with E-state index in [-0.39, 0.29) is 44.9 Å². The number of halogens is 2. The number of phenolic OH excluding ortho intramolecular Hbond substituents is 1. The van der Waals surface area contributed by atoms with Crippen molar-refractivity contribution >= 4 is 39.1 Å². The van der Waals surface area contributed by atoms with Crippen molar-refractivity contribution in [1.29, 1.82) is 0 Å². The van der Waals surface area contributed by atoms with Crippen LogP contribution in [-0.4, -0.2) is 83.1 Å². The van der Waals surface area contributed by atoms with Gasteiger partial charge in [-0.1, -0.05) is 35.9 Å². The number of piperazine rings is 1. The fourth-order valence-electron chi connectivity index (χ4n) is 7.00. The molecule has 3 atom stereocenters. The van der Waals surface area contributed by atoms with Crippen molar-refractivity contribution in [2.45, 2.75) is 43.9 Å². The van der Waals surface area contributed by atoms with Gasteiger partial charge < -0.3 is 30.1 Å². The van der Waals surface area contributed by atoms with E-state index >= 15 is 4.39 Å². The molecule has 3 fully saturated rings. The average molecular weight is 592 g/mol. The summed E-state index contributed by atoms with van der Waals surface area (Å²) >= 11 is 6.86. The number of aliphatic hydroxyl groups excluding tert-OH is 1. The van der Waals surface area contributed by atoms with E-state index in [1.807, 2.05) is 38.4 Å². The third-order valence-electron chi connectivity index (χ3n) is 8.99. The molecule has 42 heavy (non-hydrogen) atoms. The zero-order valence-electron chi connectivity index (χ0n) is 24.0. The third kappa shape index (κ3) is 4.82. The molecule has 2 bridgehead atoms. The van der Waals surface area contributed by atoms with Gasteiger partial charge in [-0.2, -0.15) is 9.97 Å². The summed E-state index contributed by atoms with van der Waals surface area (Å²) < 4.78 is 23.0. The Balaban J connectivity index is 1.38. The number of aromatic hydroxyl groups is 1. The topological polar surface area (TPSA) is 94.0 Å². The molecule has 3 heterocycles. The number of nitrogens with zero attached hydrogens (tertiary/aromatic N) is 4. The summed E-state index contributed by atoms with van der Waals surface area (Å²) in [5.74, 6) is -0.0432. The second-order valence-electron chi connectivity index (χ2n) is 13.0. The number of anilines is 1. The first-order valence-corrected chi connectivity index (χ1v) is 14.8. The quantitative estimate of drug-likeness (QED) is 0.277. The van der Waals surface area contributed by atoms with Crippen molar-refractivity contribution in [3.63, 3.8) is 0 Å². The lowest BCUT2D eigenvalue weighted by Gasteiger charge is -2.40. The number of rotatable bonds is 7. The predicted octanol–water partition coefficient (Wildman–Crippen LogP) is 4.97. The van der Waals surface area contributed by atoms with Crippen molar-refractivity contribution in [1.82, 2.24) is 20.2 Å². The summed E-state index contributed by atoms with van der Waals surface area (Å²) in [7, 11) is 4.09. The number of fused-ring (bicyclic) bond motifs is 4. The van der Waals surface area contributed by atoms with Gasteiger partial charge in [0.1, 0.15) is 17.1 Å². The first kappa shape index (κ1) is 27.6. The van der Waals surface area contributed by atoms with Crippen LogP contribution in [0.1, 0.15) is 26.2 Å². The minimum atomic E-state index is -0.597. The van der Waals surface area contributed by atoms with Gasteiger partial charge in [0.2, 0.25) is 0 Å². The number of nitrogens with one attached hydrogen (secondary N) is 1. The molecule has 10 heteroatoms. The summed E-state index contributed by atoms with van der Waals surface area (Å²) in [5, 5.41) is 26.9. The van der Waals surface area contributed by atoms with Crippen molar-refractivity contribution in [3.8, 4) is 22.9 Å². The maximum Gasteiger partial charge on any atom is 0.319 e. The molecule has 7 rings (SSSR count). The normalized spacial score (nSPS) is 24.6.